The first kappa shape index (κ1) is 5.95. The summed E-state index contributed by atoms with van der Waals surface area (Å²) in [7, 11) is 0. The summed E-state index contributed by atoms with van der Waals surface area (Å²) in [5.41, 5.74) is 0. The third kappa shape index (κ3) is 1.40. The highest BCUT2D eigenvalue weighted by Gasteiger charge is 2.19. The maximum absolute atomic E-state index is 11.5. The zero-order valence-corrected chi connectivity index (χ0v) is 4.53. The largest absolute Gasteiger partial charge is 0.314 e. The van der Waals surface area contributed by atoms with E-state index in [1.54, 1.807) is 0 Å². The second-order valence-corrected chi connectivity index (χ2v) is 2.07. The minimum absolute atomic E-state index is 0.0278. The Hall–Kier alpha value is -0.180. The van der Waals surface area contributed by atoms with Crippen LogP contribution in [-0.4, -0.2) is 19.0 Å². The van der Waals surface area contributed by atoms with E-state index in [1.165, 1.54) is 0 Å². The lowest BCUT2D eigenvalue weighted by molar-refractivity contribution is 0.109. The molecule has 1 N–H and O–H groups in total. The van der Waals surface area contributed by atoms with Gasteiger partial charge in [-0.15, -0.1) is 0 Å². The maximum Gasteiger partial charge on any atom is 0.240 e. The lowest BCUT2D eigenvalue weighted by Gasteiger charge is -2.26. The predicted octanol–water partition coefficient (Wildman–Crippen LogP) is 1.00. The number of hydrogen-bond acceptors (Lipinski definition) is 1. The molecule has 0 aliphatic carbocycles. The molecular weight excluding hydrogens is 112 g/mol. The Morgan fingerprint density at radius 3 is 2.38 bits per heavy atom. The number of alkyl halides is 2. The van der Waals surface area contributed by atoms with Gasteiger partial charge < -0.3 is 5.32 Å². The molecule has 1 rings (SSSR count). The third-order valence-electron chi connectivity index (χ3n) is 1.39. The lowest BCUT2D eigenvalue weighted by atomic mass is 10.0. The van der Waals surface area contributed by atoms with Gasteiger partial charge in [-0.2, -0.15) is 0 Å². The fourth-order valence-electron chi connectivity index (χ4n) is 0.765. The molecule has 1 nitrogen and oxygen atoms in total. The van der Waals surface area contributed by atoms with Gasteiger partial charge in [-0.25, -0.2) is 8.78 Å². The van der Waals surface area contributed by atoms with Gasteiger partial charge in [0.2, 0.25) is 6.43 Å². The van der Waals surface area contributed by atoms with Crippen molar-refractivity contribution in [3.8, 4) is 0 Å². The summed E-state index contributed by atoms with van der Waals surface area (Å²) in [6, 6.07) is 0.106. The molecule has 1 atom stereocenters. The van der Waals surface area contributed by atoms with Gasteiger partial charge in [0.1, 0.15) is 0 Å². The van der Waals surface area contributed by atoms with Gasteiger partial charge in [0, 0.05) is 12.5 Å². The van der Waals surface area contributed by atoms with Crippen molar-refractivity contribution in [3.05, 3.63) is 0 Å². The van der Waals surface area contributed by atoms with E-state index < -0.39 is 6.43 Å². The van der Waals surface area contributed by atoms with E-state index in [2.05, 4.69) is 5.32 Å². The summed E-state index contributed by atoms with van der Waals surface area (Å²) in [5.74, 6) is 0. The Morgan fingerprint density at radius 1 is 1.62 bits per heavy atom. The molecule has 0 bridgehead atoms. The molecule has 0 radical (unpaired) electrons. The minimum Gasteiger partial charge on any atom is -0.314 e. The average Bonchev–Trinajstić information content (AvgIpc) is 1.55. The smallest absolute Gasteiger partial charge is 0.240 e. The SMILES string of the molecule is FC(F)CC1CCN1. The van der Waals surface area contributed by atoms with Crippen LogP contribution in [0.2, 0.25) is 0 Å². The topological polar surface area (TPSA) is 12.0 Å². The van der Waals surface area contributed by atoms with Gasteiger partial charge in [-0.05, 0) is 13.0 Å². The molecule has 0 spiro atoms. The molecule has 1 fully saturated rings. The van der Waals surface area contributed by atoms with Crippen molar-refractivity contribution in [1.29, 1.82) is 0 Å². The molecule has 1 aliphatic heterocycles. The van der Waals surface area contributed by atoms with Crippen LogP contribution in [-0.2, 0) is 0 Å². The van der Waals surface area contributed by atoms with Crippen LogP contribution in [0.1, 0.15) is 12.8 Å². The van der Waals surface area contributed by atoms with E-state index in [0.29, 0.717) is 0 Å². The first-order chi connectivity index (χ1) is 3.79. The lowest BCUT2D eigenvalue weighted by Crippen LogP contribution is -2.43. The predicted molar refractivity (Wildman–Crippen MR) is 27.0 cm³/mol. The van der Waals surface area contributed by atoms with Gasteiger partial charge >= 0.3 is 0 Å². The van der Waals surface area contributed by atoms with Crippen LogP contribution >= 0.6 is 0 Å². The molecule has 1 aliphatic rings. The quantitative estimate of drug-likeness (QED) is 0.574. The van der Waals surface area contributed by atoms with Crippen molar-refractivity contribution in [2.45, 2.75) is 25.3 Å². The molecule has 1 unspecified atom stereocenters. The summed E-state index contributed by atoms with van der Waals surface area (Å²) in [5, 5.41) is 2.90. The summed E-state index contributed by atoms with van der Waals surface area (Å²) in [6.45, 7) is 0.914. The number of hydrogen-bond donors (Lipinski definition) is 1. The molecule has 0 aromatic carbocycles. The number of rotatable bonds is 2. The van der Waals surface area contributed by atoms with Crippen LogP contribution < -0.4 is 5.32 Å². The van der Waals surface area contributed by atoms with Crippen LogP contribution in [0.25, 0.3) is 0 Å². The standard InChI is InChI=1S/C5H9F2N/c6-5(7)3-4-1-2-8-4/h4-5,8H,1-3H2. The van der Waals surface area contributed by atoms with Gasteiger partial charge in [-0.1, -0.05) is 0 Å². The highest BCUT2D eigenvalue weighted by Crippen LogP contribution is 2.11. The highest BCUT2D eigenvalue weighted by molar-refractivity contribution is 4.77. The molecule has 3 heteroatoms. The molecule has 0 amide bonds. The Labute approximate surface area is 47.1 Å². The molecule has 0 aromatic heterocycles. The summed E-state index contributed by atoms with van der Waals surface area (Å²) in [4.78, 5) is 0. The van der Waals surface area contributed by atoms with E-state index in [9.17, 15) is 8.78 Å². The van der Waals surface area contributed by atoms with E-state index >= 15 is 0 Å². The van der Waals surface area contributed by atoms with Gasteiger partial charge in [0.25, 0.3) is 0 Å². The van der Waals surface area contributed by atoms with Crippen LogP contribution in [0.5, 0.6) is 0 Å². The number of halogens is 2. The summed E-state index contributed by atoms with van der Waals surface area (Å²) < 4.78 is 22.9. The van der Waals surface area contributed by atoms with Crippen molar-refractivity contribution >= 4 is 0 Å². The van der Waals surface area contributed by atoms with Crippen LogP contribution in [0.4, 0.5) is 8.78 Å². The second-order valence-electron chi connectivity index (χ2n) is 2.07. The van der Waals surface area contributed by atoms with Gasteiger partial charge in [0.05, 0.1) is 0 Å². The van der Waals surface area contributed by atoms with E-state index in [0.717, 1.165) is 13.0 Å². The van der Waals surface area contributed by atoms with Gasteiger partial charge in [-0.3, -0.25) is 0 Å². The highest BCUT2D eigenvalue weighted by atomic mass is 19.3. The summed E-state index contributed by atoms with van der Waals surface area (Å²) in [6.07, 6.45) is -1.18. The fraction of sp³-hybridized carbons (Fsp3) is 1.00. The van der Waals surface area contributed by atoms with E-state index in [1.807, 2.05) is 0 Å². The van der Waals surface area contributed by atoms with Crippen LogP contribution in [0, 0.1) is 0 Å². The number of nitrogens with one attached hydrogen (secondary N) is 1. The van der Waals surface area contributed by atoms with Crippen LogP contribution in [0.15, 0.2) is 0 Å². The summed E-state index contributed by atoms with van der Waals surface area (Å²) >= 11 is 0. The fourth-order valence-corrected chi connectivity index (χ4v) is 0.765. The molecule has 1 saturated heterocycles. The zero-order valence-electron chi connectivity index (χ0n) is 4.53. The molecule has 1 heterocycles. The molecule has 0 aromatic rings. The van der Waals surface area contributed by atoms with Crippen molar-refractivity contribution in [3.63, 3.8) is 0 Å². The van der Waals surface area contributed by atoms with Crippen molar-refractivity contribution in [2.75, 3.05) is 6.54 Å². The van der Waals surface area contributed by atoms with Crippen LogP contribution in [0.3, 0.4) is 0 Å². The van der Waals surface area contributed by atoms with E-state index in [-0.39, 0.29) is 12.5 Å². The molecule has 8 heavy (non-hydrogen) atoms. The van der Waals surface area contributed by atoms with Gasteiger partial charge in [0.15, 0.2) is 0 Å². The Morgan fingerprint density at radius 2 is 2.25 bits per heavy atom. The van der Waals surface area contributed by atoms with Crippen molar-refractivity contribution in [1.82, 2.24) is 5.32 Å². The zero-order chi connectivity index (χ0) is 5.98. The van der Waals surface area contributed by atoms with Crippen molar-refractivity contribution in [2.24, 2.45) is 0 Å². The van der Waals surface area contributed by atoms with Crippen molar-refractivity contribution < 1.29 is 8.78 Å². The Kier molecular flexibility index (Phi) is 1.78. The molecular formula is C5H9F2N. The second kappa shape index (κ2) is 2.40. The molecule has 48 valence electrons. The normalized spacial score (nSPS) is 28.1. The maximum atomic E-state index is 11.5. The minimum atomic E-state index is -2.13. The Balaban J connectivity index is 2.01. The monoisotopic (exact) mass is 121 g/mol. The van der Waals surface area contributed by atoms with E-state index in [4.69, 9.17) is 0 Å². The first-order valence-electron chi connectivity index (χ1n) is 2.80. The molecule has 0 saturated carbocycles. The average molecular weight is 121 g/mol. The third-order valence-corrected chi connectivity index (χ3v) is 1.39. The first-order valence-corrected chi connectivity index (χ1v) is 2.80. The Bertz CT molecular complexity index is 70.8.